The Morgan fingerprint density at radius 1 is 1.20 bits per heavy atom. The molecule has 1 rings (SSSR count). The molecule has 0 spiro atoms. The van der Waals surface area contributed by atoms with E-state index in [1.54, 1.807) is 11.9 Å². The average molecular weight is 363 g/mol. The van der Waals surface area contributed by atoms with Crippen LogP contribution in [-0.2, 0) is 0 Å². The van der Waals surface area contributed by atoms with Gasteiger partial charge in [-0.25, -0.2) is 9.97 Å². The van der Waals surface area contributed by atoms with Crippen LogP contribution >= 0.6 is 11.9 Å². The summed E-state index contributed by atoms with van der Waals surface area (Å²) >= 11 is 1.64. The lowest BCUT2D eigenvalue weighted by atomic mass is 10.1. The van der Waals surface area contributed by atoms with Crippen LogP contribution in [0.4, 0.5) is 5.82 Å². The van der Waals surface area contributed by atoms with E-state index in [1.807, 2.05) is 59.0 Å². The molecule has 0 bridgehead atoms. The van der Waals surface area contributed by atoms with E-state index >= 15 is 0 Å². The number of nitrogens with one attached hydrogen (secondary N) is 2. The van der Waals surface area contributed by atoms with E-state index < -0.39 is 0 Å². The predicted octanol–water partition coefficient (Wildman–Crippen LogP) is 5.93. The molecule has 0 amide bonds. The van der Waals surface area contributed by atoms with Gasteiger partial charge in [-0.05, 0) is 77.5 Å². The molecule has 0 atom stereocenters. The number of allylic oxidation sites excluding steroid dienone is 5. The van der Waals surface area contributed by atoms with Gasteiger partial charge in [-0.3, -0.25) is 4.72 Å². The maximum Gasteiger partial charge on any atom is 0.136 e. The Kier molecular flexibility index (Phi) is 11.1. The van der Waals surface area contributed by atoms with Crippen LogP contribution < -0.4 is 10.0 Å². The molecule has 25 heavy (non-hydrogen) atoms. The van der Waals surface area contributed by atoms with Gasteiger partial charge in [0.05, 0.1) is 0 Å². The van der Waals surface area contributed by atoms with Crippen molar-refractivity contribution >= 4 is 17.8 Å². The van der Waals surface area contributed by atoms with Crippen molar-refractivity contribution in [2.24, 2.45) is 0 Å². The Balaban J connectivity index is 0.00000277. The summed E-state index contributed by atoms with van der Waals surface area (Å²) in [4.78, 5) is 9.86. The first-order valence-corrected chi connectivity index (χ1v) is 9.55. The normalized spacial score (nSPS) is 12.8. The van der Waals surface area contributed by atoms with Crippen molar-refractivity contribution < 1.29 is 0 Å². The van der Waals surface area contributed by atoms with Crippen molar-refractivity contribution in [3.05, 3.63) is 52.5 Å². The van der Waals surface area contributed by atoms with Gasteiger partial charge in [0.1, 0.15) is 11.6 Å². The van der Waals surface area contributed by atoms with E-state index in [1.165, 1.54) is 4.91 Å². The molecule has 5 heteroatoms. The molecule has 0 aliphatic heterocycles. The standard InChI is InChI=1S/C18H28N4S.C2H6/c1-8-9-10-16(11-14(3)23-22-18(5,6)7)21-17-13(2)12-19-15(4)20-17;1-2/h8-12,22H,1-7H3,(H,19,20,21);1-2H3/b9-8-,14-11+,16-10+;. The fraction of sp³-hybridized carbons (Fsp3) is 0.500. The molecular formula is C20H34N4S. The van der Waals surface area contributed by atoms with Crippen molar-refractivity contribution in [3.63, 3.8) is 0 Å². The topological polar surface area (TPSA) is 49.8 Å². The molecule has 0 aliphatic rings. The van der Waals surface area contributed by atoms with Gasteiger partial charge in [-0.1, -0.05) is 26.0 Å². The molecule has 2 N–H and O–H groups in total. The smallest absolute Gasteiger partial charge is 0.136 e. The first kappa shape index (κ1) is 23.4. The Bertz CT molecular complexity index is 611. The molecule has 1 aromatic rings. The number of rotatable bonds is 6. The molecule has 0 aliphatic carbocycles. The Morgan fingerprint density at radius 2 is 1.84 bits per heavy atom. The number of nitrogens with zero attached hydrogens (tertiary/aromatic N) is 2. The van der Waals surface area contributed by atoms with E-state index in [9.17, 15) is 0 Å². The number of aryl methyl sites for hydroxylation is 2. The van der Waals surface area contributed by atoms with E-state index in [4.69, 9.17) is 0 Å². The molecule has 1 heterocycles. The summed E-state index contributed by atoms with van der Waals surface area (Å²) in [5, 5.41) is 3.39. The van der Waals surface area contributed by atoms with Gasteiger partial charge in [-0.15, -0.1) is 0 Å². The minimum Gasteiger partial charge on any atom is -0.340 e. The van der Waals surface area contributed by atoms with Crippen molar-refractivity contribution in [2.75, 3.05) is 5.32 Å². The largest absolute Gasteiger partial charge is 0.340 e. The van der Waals surface area contributed by atoms with Crippen LogP contribution in [0.3, 0.4) is 0 Å². The third kappa shape index (κ3) is 10.8. The molecule has 0 unspecified atom stereocenters. The van der Waals surface area contributed by atoms with Crippen LogP contribution in [0.15, 0.2) is 41.1 Å². The zero-order chi connectivity index (χ0) is 19.5. The average Bonchev–Trinajstić information content (AvgIpc) is 2.55. The summed E-state index contributed by atoms with van der Waals surface area (Å²) in [5.41, 5.74) is 2.08. The second-order valence-electron chi connectivity index (χ2n) is 6.43. The minimum atomic E-state index is 0.0702. The van der Waals surface area contributed by atoms with Gasteiger partial charge in [-0.2, -0.15) is 0 Å². The van der Waals surface area contributed by atoms with E-state index in [-0.39, 0.29) is 5.54 Å². The lowest BCUT2D eigenvalue weighted by Crippen LogP contribution is -2.29. The second kappa shape index (κ2) is 11.9. The first-order chi connectivity index (χ1) is 11.7. The van der Waals surface area contributed by atoms with Crippen molar-refractivity contribution in [1.29, 1.82) is 0 Å². The first-order valence-electron chi connectivity index (χ1n) is 8.74. The van der Waals surface area contributed by atoms with Gasteiger partial charge in [0.2, 0.25) is 0 Å². The predicted molar refractivity (Wildman–Crippen MR) is 114 cm³/mol. The molecule has 0 radical (unpaired) electrons. The molecule has 140 valence electrons. The fourth-order valence-electron chi connectivity index (χ4n) is 1.60. The molecular weight excluding hydrogens is 328 g/mol. The van der Waals surface area contributed by atoms with Gasteiger partial charge in [0.25, 0.3) is 0 Å². The van der Waals surface area contributed by atoms with Gasteiger partial charge in [0, 0.05) is 23.0 Å². The lowest BCUT2D eigenvalue weighted by Gasteiger charge is -2.19. The summed E-state index contributed by atoms with van der Waals surface area (Å²) in [6.07, 6.45) is 10.0. The fourth-order valence-corrected chi connectivity index (χ4v) is 2.25. The third-order valence-electron chi connectivity index (χ3n) is 2.70. The monoisotopic (exact) mass is 362 g/mol. The van der Waals surface area contributed by atoms with Crippen LogP contribution in [0, 0.1) is 13.8 Å². The van der Waals surface area contributed by atoms with Crippen LogP contribution in [-0.4, -0.2) is 15.5 Å². The number of aromatic nitrogens is 2. The van der Waals surface area contributed by atoms with Gasteiger partial charge >= 0.3 is 0 Å². The molecule has 1 aromatic heterocycles. The number of anilines is 1. The lowest BCUT2D eigenvalue weighted by molar-refractivity contribution is 0.536. The maximum atomic E-state index is 4.47. The van der Waals surface area contributed by atoms with Crippen molar-refractivity contribution in [2.45, 2.75) is 67.9 Å². The summed E-state index contributed by atoms with van der Waals surface area (Å²) in [6, 6.07) is 0. The van der Waals surface area contributed by atoms with Gasteiger partial charge in [0.15, 0.2) is 0 Å². The summed E-state index contributed by atoms with van der Waals surface area (Å²) < 4.78 is 3.42. The van der Waals surface area contributed by atoms with Crippen LogP contribution in [0.1, 0.15) is 59.9 Å². The van der Waals surface area contributed by atoms with E-state index in [2.05, 4.69) is 53.8 Å². The molecule has 4 nitrogen and oxygen atoms in total. The van der Waals surface area contributed by atoms with Crippen LogP contribution in [0.25, 0.3) is 0 Å². The van der Waals surface area contributed by atoms with E-state index in [0.29, 0.717) is 0 Å². The van der Waals surface area contributed by atoms with Crippen molar-refractivity contribution in [1.82, 2.24) is 14.7 Å². The SMILES string of the molecule is CC.C\C=C/C=C(\C=C(/C)SNC(C)(C)C)Nc1nc(C)ncc1C. The Labute approximate surface area is 158 Å². The van der Waals surface area contributed by atoms with Gasteiger partial charge < -0.3 is 5.32 Å². The highest BCUT2D eigenvalue weighted by atomic mass is 32.2. The van der Waals surface area contributed by atoms with Crippen LogP contribution in [0.2, 0.25) is 0 Å². The highest BCUT2D eigenvalue weighted by Crippen LogP contribution is 2.19. The Morgan fingerprint density at radius 3 is 2.40 bits per heavy atom. The zero-order valence-electron chi connectivity index (χ0n) is 17.2. The molecule has 0 saturated heterocycles. The zero-order valence-corrected chi connectivity index (χ0v) is 18.0. The second-order valence-corrected chi connectivity index (χ2v) is 7.48. The van der Waals surface area contributed by atoms with Crippen molar-refractivity contribution in [3.8, 4) is 0 Å². The maximum absolute atomic E-state index is 4.47. The summed E-state index contributed by atoms with van der Waals surface area (Å²) in [5.74, 6) is 1.60. The highest BCUT2D eigenvalue weighted by Gasteiger charge is 2.09. The summed E-state index contributed by atoms with van der Waals surface area (Å²) in [6.45, 7) is 18.4. The minimum absolute atomic E-state index is 0.0702. The molecule has 0 fully saturated rings. The number of hydrogen-bond acceptors (Lipinski definition) is 5. The molecule has 0 aromatic carbocycles. The summed E-state index contributed by atoms with van der Waals surface area (Å²) in [7, 11) is 0. The molecule has 0 saturated carbocycles. The quantitative estimate of drug-likeness (QED) is 0.485. The van der Waals surface area contributed by atoms with Crippen LogP contribution in [0.5, 0.6) is 0 Å². The Hall–Kier alpha value is -1.59. The highest BCUT2D eigenvalue weighted by molar-refractivity contribution is 8.01. The van der Waals surface area contributed by atoms with E-state index in [0.717, 1.165) is 22.9 Å². The number of hydrogen-bond donors (Lipinski definition) is 2. The third-order valence-corrected chi connectivity index (χ3v) is 3.85.